The lowest BCUT2D eigenvalue weighted by Crippen LogP contribution is -2.01. The van der Waals surface area contributed by atoms with Crippen LogP contribution in [0.1, 0.15) is 16.7 Å². The van der Waals surface area contributed by atoms with Crippen LogP contribution in [0.3, 0.4) is 0 Å². The number of cyclic esters (lactones) is 1. The lowest BCUT2D eigenvalue weighted by molar-refractivity contribution is -0.129. The zero-order chi connectivity index (χ0) is 16.2. The predicted octanol–water partition coefficient (Wildman–Crippen LogP) is 4.66. The maximum Gasteiger partial charge on any atom is 0.363 e. The van der Waals surface area contributed by atoms with Gasteiger partial charge in [-0.2, -0.15) is 0 Å². The van der Waals surface area contributed by atoms with Crippen LogP contribution in [0.15, 0.2) is 65.3 Å². The molecule has 0 amide bonds. The van der Waals surface area contributed by atoms with Gasteiger partial charge in [-0.3, -0.25) is 0 Å². The van der Waals surface area contributed by atoms with Gasteiger partial charge in [-0.25, -0.2) is 9.79 Å². The van der Waals surface area contributed by atoms with Gasteiger partial charge in [0, 0.05) is 11.1 Å². The van der Waals surface area contributed by atoms with Crippen molar-refractivity contribution in [2.45, 2.75) is 6.92 Å². The van der Waals surface area contributed by atoms with E-state index < -0.39 is 5.97 Å². The highest BCUT2D eigenvalue weighted by Gasteiger charge is 2.21. The molecule has 0 radical (unpaired) electrons. The number of carbonyl (C=O) groups is 1. The first-order chi connectivity index (χ1) is 11.1. The van der Waals surface area contributed by atoms with Gasteiger partial charge in [-0.1, -0.05) is 53.6 Å². The van der Waals surface area contributed by atoms with Crippen molar-refractivity contribution in [2.75, 3.05) is 0 Å². The third-order valence-electron chi connectivity index (χ3n) is 3.28. The Kier molecular flexibility index (Phi) is 4.40. The molecule has 23 heavy (non-hydrogen) atoms. The molecule has 0 N–H and O–H groups in total. The average Bonchev–Trinajstić information content (AvgIpc) is 2.87. The first-order valence-corrected chi connectivity index (χ1v) is 7.51. The number of ether oxygens (including phenoxy) is 1. The Morgan fingerprint density at radius 2 is 1.83 bits per heavy atom. The van der Waals surface area contributed by atoms with Crippen LogP contribution in [0.2, 0.25) is 5.02 Å². The number of hydrogen-bond acceptors (Lipinski definition) is 3. The fourth-order valence-electron chi connectivity index (χ4n) is 2.10. The maximum absolute atomic E-state index is 11.9. The lowest BCUT2D eigenvalue weighted by atomic mass is 10.1. The number of esters is 1. The van der Waals surface area contributed by atoms with Crippen molar-refractivity contribution in [2.24, 2.45) is 4.99 Å². The van der Waals surface area contributed by atoms with E-state index in [1.165, 1.54) is 5.56 Å². The largest absolute Gasteiger partial charge is 0.403 e. The summed E-state index contributed by atoms with van der Waals surface area (Å²) in [6.45, 7) is 2.03. The van der Waals surface area contributed by atoms with E-state index in [-0.39, 0.29) is 11.6 Å². The summed E-state index contributed by atoms with van der Waals surface area (Å²) in [5, 5.41) is 0.606. The van der Waals surface area contributed by atoms with E-state index in [1.54, 1.807) is 24.3 Å². The average molecular weight is 324 g/mol. The normalized spacial score (nSPS) is 16.0. The predicted molar refractivity (Wildman–Crippen MR) is 93.2 cm³/mol. The van der Waals surface area contributed by atoms with Crippen molar-refractivity contribution in [1.82, 2.24) is 0 Å². The number of hydrogen-bond donors (Lipinski definition) is 0. The molecule has 2 aromatic rings. The van der Waals surface area contributed by atoms with E-state index >= 15 is 0 Å². The summed E-state index contributed by atoms with van der Waals surface area (Å²) >= 11 is 5.93. The van der Waals surface area contributed by atoms with Crippen molar-refractivity contribution in [3.8, 4) is 0 Å². The second-order valence-corrected chi connectivity index (χ2v) is 5.60. The molecular weight excluding hydrogens is 310 g/mol. The van der Waals surface area contributed by atoms with Crippen LogP contribution < -0.4 is 0 Å². The van der Waals surface area contributed by atoms with Gasteiger partial charge >= 0.3 is 5.97 Å². The highest BCUT2D eigenvalue weighted by atomic mass is 35.5. The number of nitrogens with zero attached hydrogens (tertiary/aromatic N) is 1. The molecule has 1 aliphatic rings. The fraction of sp³-hybridized carbons (Fsp3) is 0.0526. The topological polar surface area (TPSA) is 38.7 Å². The molecule has 0 saturated carbocycles. The van der Waals surface area contributed by atoms with Crippen molar-refractivity contribution in [3.05, 3.63) is 82.0 Å². The first-order valence-electron chi connectivity index (χ1n) is 7.13. The Labute approximate surface area is 139 Å². The zero-order valence-corrected chi connectivity index (χ0v) is 13.2. The highest BCUT2D eigenvalue weighted by molar-refractivity contribution is 6.30. The van der Waals surface area contributed by atoms with E-state index in [2.05, 4.69) is 4.99 Å². The van der Waals surface area contributed by atoms with Gasteiger partial charge in [-0.15, -0.1) is 0 Å². The molecule has 0 aliphatic carbocycles. The molecule has 0 saturated heterocycles. The highest BCUT2D eigenvalue weighted by Crippen LogP contribution is 2.19. The molecule has 0 unspecified atom stereocenters. The van der Waals surface area contributed by atoms with E-state index in [0.717, 1.165) is 11.1 Å². The second-order valence-electron chi connectivity index (χ2n) is 5.17. The molecular formula is C19H14ClNO2. The molecule has 0 bridgehead atoms. The number of halogens is 1. The Bertz CT molecular complexity index is 833. The minimum atomic E-state index is -0.464. The Morgan fingerprint density at radius 1 is 1.04 bits per heavy atom. The first kappa shape index (κ1) is 15.3. The summed E-state index contributed by atoms with van der Waals surface area (Å²) in [5.41, 5.74) is 3.27. The molecule has 0 spiro atoms. The third-order valence-corrected chi connectivity index (χ3v) is 3.52. The van der Waals surface area contributed by atoms with Gasteiger partial charge < -0.3 is 4.74 Å². The quantitative estimate of drug-likeness (QED) is 0.608. The molecule has 1 aliphatic heterocycles. The minimum Gasteiger partial charge on any atom is -0.403 e. The van der Waals surface area contributed by atoms with E-state index in [0.29, 0.717) is 5.02 Å². The number of rotatable bonds is 3. The van der Waals surface area contributed by atoms with Crippen LogP contribution in [-0.4, -0.2) is 11.9 Å². The molecule has 114 valence electrons. The minimum absolute atomic E-state index is 0.260. The summed E-state index contributed by atoms with van der Waals surface area (Å²) in [6, 6.07) is 15.2. The molecule has 1 heterocycles. The molecule has 0 atom stereocenters. The van der Waals surface area contributed by atoms with Crippen LogP contribution >= 0.6 is 11.6 Å². The Morgan fingerprint density at radius 3 is 2.57 bits per heavy atom. The summed E-state index contributed by atoms with van der Waals surface area (Å²) < 4.78 is 5.14. The van der Waals surface area contributed by atoms with Gasteiger partial charge in [0.2, 0.25) is 5.90 Å². The smallest absolute Gasteiger partial charge is 0.363 e. The fourth-order valence-corrected chi connectivity index (χ4v) is 2.29. The van der Waals surface area contributed by atoms with Crippen LogP contribution in [0.25, 0.3) is 12.2 Å². The van der Waals surface area contributed by atoms with E-state index in [9.17, 15) is 4.79 Å². The zero-order valence-electron chi connectivity index (χ0n) is 12.5. The third kappa shape index (κ3) is 3.96. The lowest BCUT2D eigenvalue weighted by Gasteiger charge is -1.95. The van der Waals surface area contributed by atoms with Gasteiger partial charge in [0.05, 0.1) is 0 Å². The van der Waals surface area contributed by atoms with E-state index in [4.69, 9.17) is 16.3 Å². The molecule has 0 aromatic heterocycles. The van der Waals surface area contributed by atoms with Crippen molar-refractivity contribution < 1.29 is 9.53 Å². The number of aliphatic imine (C=N–C) groups is 1. The van der Waals surface area contributed by atoms with E-state index in [1.807, 2.05) is 49.4 Å². The number of aryl methyl sites for hydroxylation is 1. The van der Waals surface area contributed by atoms with Crippen LogP contribution in [-0.2, 0) is 9.53 Å². The molecule has 0 fully saturated rings. The van der Waals surface area contributed by atoms with Gasteiger partial charge in [-0.05, 0) is 42.3 Å². The van der Waals surface area contributed by atoms with Crippen molar-refractivity contribution in [3.63, 3.8) is 0 Å². The Hall–Kier alpha value is -2.65. The maximum atomic E-state index is 11.9. The van der Waals surface area contributed by atoms with Gasteiger partial charge in [0.25, 0.3) is 0 Å². The van der Waals surface area contributed by atoms with Crippen LogP contribution in [0, 0.1) is 6.92 Å². The summed E-state index contributed by atoms with van der Waals surface area (Å²) in [4.78, 5) is 16.1. The van der Waals surface area contributed by atoms with Crippen LogP contribution in [0.4, 0.5) is 0 Å². The van der Waals surface area contributed by atoms with Crippen molar-refractivity contribution >= 4 is 35.6 Å². The molecule has 4 heteroatoms. The Balaban J connectivity index is 1.79. The molecule has 3 nitrogen and oxygen atoms in total. The van der Waals surface area contributed by atoms with Crippen molar-refractivity contribution in [1.29, 1.82) is 0 Å². The van der Waals surface area contributed by atoms with Gasteiger partial charge in [0.15, 0.2) is 5.70 Å². The second kappa shape index (κ2) is 6.63. The monoisotopic (exact) mass is 323 g/mol. The molecule has 3 rings (SSSR count). The number of carbonyl (C=O) groups excluding carboxylic acids is 1. The SMILES string of the molecule is Cc1ccc(/C=C/C2=NC(=C\c3cccc(Cl)c3)/C(=O)O2)cc1. The number of benzene rings is 2. The van der Waals surface area contributed by atoms with Gasteiger partial charge in [0.1, 0.15) is 0 Å². The standard InChI is InChI=1S/C19H14ClNO2/c1-13-5-7-14(8-6-13)9-10-18-21-17(19(22)23-18)12-15-3-2-4-16(20)11-15/h2-12H,1H3/b10-9+,17-12-. The summed E-state index contributed by atoms with van der Waals surface area (Å²) in [6.07, 6.45) is 5.19. The van der Waals surface area contributed by atoms with Crippen LogP contribution in [0.5, 0.6) is 0 Å². The summed E-state index contributed by atoms with van der Waals surface area (Å²) in [7, 11) is 0. The molecule has 2 aromatic carbocycles. The summed E-state index contributed by atoms with van der Waals surface area (Å²) in [5.74, 6) is -0.183.